The number of nitrogens with zero attached hydrogens (tertiary/aromatic N) is 2. The predicted molar refractivity (Wildman–Crippen MR) is 52.5 cm³/mol. The molecule has 0 spiro atoms. The van der Waals surface area contributed by atoms with Crippen LogP contribution in [0.15, 0.2) is 6.07 Å². The summed E-state index contributed by atoms with van der Waals surface area (Å²) in [5.74, 6) is 0.181. The third kappa shape index (κ3) is 4.33. The van der Waals surface area contributed by atoms with Crippen molar-refractivity contribution in [2.75, 3.05) is 18.5 Å². The highest BCUT2D eigenvalue weighted by Crippen LogP contribution is 2.18. The zero-order valence-electron chi connectivity index (χ0n) is 8.93. The third-order valence-electron chi connectivity index (χ3n) is 1.55. The van der Waals surface area contributed by atoms with Gasteiger partial charge in [-0.1, -0.05) is 0 Å². The molecule has 1 rings (SSSR count). The number of anilines is 1. The number of aryl methyl sites for hydroxylation is 1. The van der Waals surface area contributed by atoms with Gasteiger partial charge < -0.3 is 10.1 Å². The second kappa shape index (κ2) is 5.00. The molecule has 7 heteroatoms. The van der Waals surface area contributed by atoms with E-state index in [0.717, 1.165) is 0 Å². The molecule has 4 nitrogen and oxygen atoms in total. The third-order valence-corrected chi connectivity index (χ3v) is 1.55. The number of alkyl halides is 3. The summed E-state index contributed by atoms with van der Waals surface area (Å²) in [6, 6.07) is 1.35. The molecule has 1 heterocycles. The van der Waals surface area contributed by atoms with Crippen LogP contribution in [-0.4, -0.2) is 29.3 Å². The number of hydrogen-bond acceptors (Lipinski definition) is 4. The monoisotopic (exact) mass is 235 g/mol. The lowest BCUT2D eigenvalue weighted by atomic mass is 10.4. The predicted octanol–water partition coefficient (Wildman–Crippen LogP) is 2.16. The molecule has 1 aromatic rings. The first-order chi connectivity index (χ1) is 7.40. The van der Waals surface area contributed by atoms with E-state index in [4.69, 9.17) is 0 Å². The number of ether oxygens (including phenoxy) is 1. The van der Waals surface area contributed by atoms with Crippen molar-refractivity contribution in [2.24, 2.45) is 0 Å². The van der Waals surface area contributed by atoms with E-state index in [0.29, 0.717) is 12.2 Å². The van der Waals surface area contributed by atoms with E-state index in [2.05, 4.69) is 20.0 Å². The number of nitrogens with one attached hydrogen (secondary N) is 1. The van der Waals surface area contributed by atoms with E-state index in [-0.39, 0.29) is 11.8 Å². The summed E-state index contributed by atoms with van der Waals surface area (Å²) in [5.41, 5.74) is 0.545. The van der Waals surface area contributed by atoms with Crippen molar-refractivity contribution in [3.05, 3.63) is 11.8 Å². The first-order valence-corrected chi connectivity index (χ1v) is 4.70. The van der Waals surface area contributed by atoms with Crippen molar-refractivity contribution in [1.29, 1.82) is 0 Å². The van der Waals surface area contributed by atoms with Gasteiger partial charge in [-0.15, -0.1) is 0 Å². The molecule has 0 aromatic carbocycles. The van der Waals surface area contributed by atoms with Crippen molar-refractivity contribution >= 4 is 5.95 Å². The summed E-state index contributed by atoms with van der Waals surface area (Å²) in [4.78, 5) is 7.77. The average Bonchev–Trinajstić information content (AvgIpc) is 2.13. The number of hydrogen-bond donors (Lipinski definition) is 1. The van der Waals surface area contributed by atoms with Crippen LogP contribution in [0.5, 0.6) is 5.88 Å². The fourth-order valence-corrected chi connectivity index (χ4v) is 1.01. The summed E-state index contributed by atoms with van der Waals surface area (Å²) in [6.07, 6.45) is -4.36. The minimum Gasteiger partial charge on any atom is -0.468 e. The molecular weight excluding hydrogens is 223 g/mol. The van der Waals surface area contributed by atoms with Gasteiger partial charge in [0, 0.05) is 18.3 Å². The van der Waals surface area contributed by atoms with Crippen LogP contribution in [0.1, 0.15) is 12.6 Å². The van der Waals surface area contributed by atoms with E-state index < -0.39 is 12.8 Å². The first kappa shape index (κ1) is 12.5. The number of rotatable bonds is 4. The van der Waals surface area contributed by atoms with Crippen LogP contribution < -0.4 is 10.1 Å². The Kier molecular flexibility index (Phi) is 3.92. The zero-order chi connectivity index (χ0) is 12.2. The Morgan fingerprint density at radius 2 is 2.06 bits per heavy atom. The van der Waals surface area contributed by atoms with Gasteiger partial charge in [-0.25, -0.2) is 4.98 Å². The van der Waals surface area contributed by atoms with Crippen LogP contribution in [0.4, 0.5) is 19.1 Å². The van der Waals surface area contributed by atoms with Gasteiger partial charge in [-0.3, -0.25) is 0 Å². The molecule has 0 atom stereocenters. The lowest BCUT2D eigenvalue weighted by Gasteiger charge is -2.10. The topological polar surface area (TPSA) is 47.0 Å². The van der Waals surface area contributed by atoms with Gasteiger partial charge in [0.15, 0.2) is 6.61 Å². The molecule has 0 amide bonds. The molecule has 0 radical (unpaired) electrons. The lowest BCUT2D eigenvalue weighted by Crippen LogP contribution is -2.20. The summed E-state index contributed by atoms with van der Waals surface area (Å²) in [5, 5.41) is 2.80. The quantitative estimate of drug-likeness (QED) is 0.868. The smallest absolute Gasteiger partial charge is 0.422 e. The highest BCUT2D eigenvalue weighted by atomic mass is 19.4. The minimum absolute atomic E-state index is 0.0826. The van der Waals surface area contributed by atoms with Crippen molar-refractivity contribution < 1.29 is 17.9 Å². The number of halogens is 3. The second-order valence-electron chi connectivity index (χ2n) is 3.11. The van der Waals surface area contributed by atoms with Gasteiger partial charge in [0.2, 0.25) is 11.8 Å². The average molecular weight is 235 g/mol. The standard InChI is InChI=1S/C9H12F3N3O/c1-3-13-8-14-6(2)4-7(15-8)16-5-9(10,11)12/h4H,3,5H2,1-2H3,(H,13,14,15). The van der Waals surface area contributed by atoms with E-state index in [1.54, 1.807) is 6.92 Å². The highest BCUT2D eigenvalue weighted by molar-refractivity contribution is 5.30. The molecule has 0 bridgehead atoms. The van der Waals surface area contributed by atoms with Crippen molar-refractivity contribution in [1.82, 2.24) is 9.97 Å². The number of aromatic nitrogens is 2. The van der Waals surface area contributed by atoms with Gasteiger partial charge in [0.05, 0.1) is 0 Å². The maximum Gasteiger partial charge on any atom is 0.422 e. The fraction of sp³-hybridized carbons (Fsp3) is 0.556. The van der Waals surface area contributed by atoms with Gasteiger partial charge in [0.1, 0.15) is 0 Å². The van der Waals surface area contributed by atoms with Crippen molar-refractivity contribution in [3.63, 3.8) is 0 Å². The van der Waals surface area contributed by atoms with Crippen LogP contribution in [0.25, 0.3) is 0 Å². The zero-order valence-corrected chi connectivity index (χ0v) is 8.93. The molecule has 16 heavy (non-hydrogen) atoms. The molecule has 0 unspecified atom stereocenters. The Hall–Kier alpha value is -1.53. The molecule has 0 aliphatic carbocycles. The molecule has 90 valence electrons. The minimum atomic E-state index is -4.36. The Bertz CT molecular complexity index is 354. The molecule has 0 fully saturated rings. The fourth-order valence-electron chi connectivity index (χ4n) is 1.01. The second-order valence-corrected chi connectivity index (χ2v) is 3.11. The van der Waals surface area contributed by atoms with E-state index >= 15 is 0 Å². The Labute approximate surface area is 90.9 Å². The van der Waals surface area contributed by atoms with Crippen LogP contribution in [-0.2, 0) is 0 Å². The summed E-state index contributed by atoms with van der Waals surface area (Å²) in [7, 11) is 0. The Morgan fingerprint density at radius 1 is 1.38 bits per heavy atom. The summed E-state index contributed by atoms with van der Waals surface area (Å²) < 4.78 is 40.2. The molecule has 1 aromatic heterocycles. The van der Waals surface area contributed by atoms with Crippen LogP contribution >= 0.6 is 0 Å². The van der Waals surface area contributed by atoms with Crippen molar-refractivity contribution in [2.45, 2.75) is 20.0 Å². The maximum absolute atomic E-state index is 11.9. The molecule has 0 aliphatic rings. The van der Waals surface area contributed by atoms with E-state index in [9.17, 15) is 13.2 Å². The van der Waals surface area contributed by atoms with E-state index in [1.807, 2.05) is 6.92 Å². The molecule has 1 N–H and O–H groups in total. The van der Waals surface area contributed by atoms with Gasteiger partial charge in [0.25, 0.3) is 0 Å². The van der Waals surface area contributed by atoms with E-state index in [1.165, 1.54) is 6.07 Å². The molecular formula is C9H12F3N3O. The lowest BCUT2D eigenvalue weighted by molar-refractivity contribution is -0.154. The molecule has 0 saturated carbocycles. The Morgan fingerprint density at radius 3 is 2.62 bits per heavy atom. The highest BCUT2D eigenvalue weighted by Gasteiger charge is 2.28. The molecule has 0 saturated heterocycles. The van der Waals surface area contributed by atoms with Gasteiger partial charge in [-0.2, -0.15) is 18.2 Å². The van der Waals surface area contributed by atoms with Gasteiger partial charge in [-0.05, 0) is 13.8 Å². The summed E-state index contributed by atoms with van der Waals surface area (Å²) in [6.45, 7) is 2.72. The van der Waals surface area contributed by atoms with Crippen LogP contribution in [0.3, 0.4) is 0 Å². The van der Waals surface area contributed by atoms with Crippen LogP contribution in [0, 0.1) is 6.92 Å². The normalized spacial score (nSPS) is 11.3. The van der Waals surface area contributed by atoms with Crippen molar-refractivity contribution in [3.8, 4) is 5.88 Å². The van der Waals surface area contributed by atoms with Gasteiger partial charge >= 0.3 is 6.18 Å². The maximum atomic E-state index is 11.9. The Balaban J connectivity index is 2.72. The SMILES string of the molecule is CCNc1nc(C)cc(OCC(F)(F)F)n1. The summed E-state index contributed by atoms with van der Waals surface area (Å²) >= 11 is 0. The first-order valence-electron chi connectivity index (χ1n) is 4.70. The van der Waals surface area contributed by atoms with Crippen LogP contribution in [0.2, 0.25) is 0 Å². The molecule has 0 aliphatic heterocycles. The largest absolute Gasteiger partial charge is 0.468 e.